The van der Waals surface area contributed by atoms with Crippen molar-refractivity contribution >= 4 is 21.6 Å². The second-order valence-electron chi connectivity index (χ2n) is 7.05. The lowest BCUT2D eigenvalue weighted by atomic mass is 10.1. The molecule has 0 unspecified atom stereocenters. The molecule has 1 heterocycles. The maximum Gasteiger partial charge on any atom is 0.261 e. The van der Waals surface area contributed by atoms with Gasteiger partial charge in [-0.2, -0.15) is 0 Å². The lowest BCUT2D eigenvalue weighted by molar-refractivity contribution is 0.0775. The van der Waals surface area contributed by atoms with Crippen molar-refractivity contribution in [3.63, 3.8) is 0 Å². The van der Waals surface area contributed by atoms with Crippen LogP contribution in [-0.4, -0.2) is 26.3 Å². The number of rotatable bonds is 6. The maximum atomic E-state index is 12.7. The first-order valence-electron chi connectivity index (χ1n) is 9.17. The summed E-state index contributed by atoms with van der Waals surface area (Å²) in [5.74, 6) is 1.26. The Labute approximate surface area is 171 Å². The van der Waals surface area contributed by atoms with Gasteiger partial charge in [0.15, 0.2) is 0 Å². The van der Waals surface area contributed by atoms with Gasteiger partial charge in [-0.1, -0.05) is 12.1 Å². The van der Waals surface area contributed by atoms with E-state index in [2.05, 4.69) is 4.72 Å². The molecule has 0 spiro atoms. The fourth-order valence-corrected chi connectivity index (χ4v) is 4.06. The van der Waals surface area contributed by atoms with E-state index in [4.69, 9.17) is 4.42 Å². The van der Waals surface area contributed by atoms with Crippen LogP contribution in [0, 0.1) is 20.8 Å². The summed E-state index contributed by atoms with van der Waals surface area (Å²) < 4.78 is 33.5. The summed E-state index contributed by atoms with van der Waals surface area (Å²) in [4.78, 5) is 14.2. The van der Waals surface area contributed by atoms with Crippen molar-refractivity contribution in [1.29, 1.82) is 0 Å². The van der Waals surface area contributed by atoms with E-state index in [-0.39, 0.29) is 10.8 Å². The van der Waals surface area contributed by atoms with E-state index >= 15 is 0 Å². The minimum atomic E-state index is -3.75. The van der Waals surface area contributed by atoms with Crippen LogP contribution in [0.15, 0.2) is 63.9 Å². The number of amides is 1. The maximum absolute atomic E-state index is 12.7. The van der Waals surface area contributed by atoms with Crippen LogP contribution >= 0.6 is 0 Å². The van der Waals surface area contributed by atoms with Gasteiger partial charge in [-0.25, -0.2) is 8.42 Å². The monoisotopic (exact) mass is 412 g/mol. The van der Waals surface area contributed by atoms with E-state index in [0.717, 1.165) is 16.9 Å². The highest BCUT2D eigenvalue weighted by Gasteiger charge is 2.18. The van der Waals surface area contributed by atoms with Crippen molar-refractivity contribution < 1.29 is 17.6 Å². The molecule has 0 fully saturated rings. The first-order valence-corrected chi connectivity index (χ1v) is 10.7. The van der Waals surface area contributed by atoms with Gasteiger partial charge in [0.1, 0.15) is 11.5 Å². The van der Waals surface area contributed by atoms with Gasteiger partial charge in [0.25, 0.3) is 15.9 Å². The zero-order valence-electron chi connectivity index (χ0n) is 16.9. The molecule has 0 aliphatic rings. The predicted octanol–water partition coefficient (Wildman–Crippen LogP) is 4.28. The second kappa shape index (κ2) is 8.13. The molecular weight excluding hydrogens is 388 g/mol. The molecule has 3 aromatic rings. The van der Waals surface area contributed by atoms with Crippen molar-refractivity contribution in [1.82, 2.24) is 4.90 Å². The topological polar surface area (TPSA) is 79.6 Å². The Kier molecular flexibility index (Phi) is 5.79. The second-order valence-corrected chi connectivity index (χ2v) is 8.73. The molecule has 29 heavy (non-hydrogen) atoms. The first-order chi connectivity index (χ1) is 13.7. The van der Waals surface area contributed by atoms with Gasteiger partial charge >= 0.3 is 0 Å². The predicted molar refractivity (Wildman–Crippen MR) is 112 cm³/mol. The third-order valence-electron chi connectivity index (χ3n) is 4.80. The Balaban J connectivity index is 1.74. The zero-order valence-corrected chi connectivity index (χ0v) is 17.7. The summed E-state index contributed by atoms with van der Waals surface area (Å²) in [7, 11) is -2.08. The average molecular weight is 413 g/mol. The molecule has 2 aromatic carbocycles. The van der Waals surface area contributed by atoms with Crippen molar-refractivity contribution in [2.24, 2.45) is 0 Å². The van der Waals surface area contributed by atoms with E-state index in [1.54, 1.807) is 19.2 Å². The van der Waals surface area contributed by atoms with Gasteiger partial charge in [0.05, 0.1) is 17.1 Å². The number of nitrogens with one attached hydrogen (secondary N) is 1. The molecule has 0 bridgehead atoms. The SMILES string of the molecule is Cc1ccc(CN(C)C(=O)c2ccc(S(=O)(=O)Nc3cccc(C)c3C)cc2)o1. The lowest BCUT2D eigenvalue weighted by Crippen LogP contribution is -2.26. The molecular formula is C22H24N2O4S. The molecule has 3 rings (SSSR count). The number of hydrogen-bond acceptors (Lipinski definition) is 4. The van der Waals surface area contributed by atoms with Crippen molar-refractivity contribution in [3.05, 3.63) is 82.8 Å². The van der Waals surface area contributed by atoms with Crippen LogP contribution in [0.4, 0.5) is 5.69 Å². The minimum Gasteiger partial charge on any atom is -0.464 e. The van der Waals surface area contributed by atoms with Gasteiger partial charge in [-0.3, -0.25) is 9.52 Å². The molecule has 152 valence electrons. The highest BCUT2D eigenvalue weighted by atomic mass is 32.2. The summed E-state index contributed by atoms with van der Waals surface area (Å²) in [6.07, 6.45) is 0. The van der Waals surface area contributed by atoms with Crippen LogP contribution < -0.4 is 4.72 Å². The van der Waals surface area contributed by atoms with E-state index < -0.39 is 10.0 Å². The van der Waals surface area contributed by atoms with E-state index in [1.165, 1.54) is 29.2 Å². The van der Waals surface area contributed by atoms with Gasteiger partial charge in [0.2, 0.25) is 0 Å². The van der Waals surface area contributed by atoms with Crippen LogP contribution in [0.3, 0.4) is 0 Å². The number of furan rings is 1. The van der Waals surface area contributed by atoms with Gasteiger partial charge in [-0.05, 0) is 74.4 Å². The quantitative estimate of drug-likeness (QED) is 0.655. The van der Waals surface area contributed by atoms with E-state index in [1.807, 2.05) is 39.0 Å². The largest absolute Gasteiger partial charge is 0.464 e. The smallest absolute Gasteiger partial charge is 0.261 e. The Hall–Kier alpha value is -3.06. The molecule has 0 aliphatic carbocycles. The van der Waals surface area contributed by atoms with Crippen molar-refractivity contribution in [2.75, 3.05) is 11.8 Å². The number of benzene rings is 2. The highest BCUT2D eigenvalue weighted by molar-refractivity contribution is 7.92. The van der Waals surface area contributed by atoms with Crippen LogP contribution in [0.5, 0.6) is 0 Å². The molecule has 1 amide bonds. The third-order valence-corrected chi connectivity index (χ3v) is 6.18. The Bertz CT molecular complexity index is 1130. The lowest BCUT2D eigenvalue weighted by Gasteiger charge is -2.16. The van der Waals surface area contributed by atoms with Crippen LogP contribution in [0.25, 0.3) is 0 Å². The number of nitrogens with zero attached hydrogens (tertiary/aromatic N) is 1. The van der Waals surface area contributed by atoms with Crippen molar-refractivity contribution in [3.8, 4) is 0 Å². The molecule has 6 nitrogen and oxygen atoms in total. The normalized spacial score (nSPS) is 11.3. The van der Waals surface area contributed by atoms with Gasteiger partial charge < -0.3 is 9.32 Å². The van der Waals surface area contributed by atoms with Crippen LogP contribution in [0.2, 0.25) is 0 Å². The fourth-order valence-electron chi connectivity index (χ4n) is 2.94. The third kappa shape index (κ3) is 4.68. The molecule has 1 N–H and O–H groups in total. The number of hydrogen-bond donors (Lipinski definition) is 1. The van der Waals surface area contributed by atoms with Gasteiger partial charge in [-0.15, -0.1) is 0 Å². The number of carbonyl (C=O) groups excluding carboxylic acids is 1. The summed E-state index contributed by atoms with van der Waals surface area (Å²) in [5, 5.41) is 0. The number of anilines is 1. The summed E-state index contributed by atoms with van der Waals surface area (Å²) in [6, 6.07) is 15.0. The first kappa shape index (κ1) is 20.7. The Morgan fingerprint density at radius 1 is 1.00 bits per heavy atom. The standard InChI is InChI=1S/C22H24N2O4S/c1-15-6-5-7-21(17(15)3)23-29(26,27)20-12-9-18(10-13-20)22(25)24(4)14-19-11-8-16(2)28-19/h5-13,23H,14H2,1-4H3. The Morgan fingerprint density at radius 2 is 1.69 bits per heavy atom. The molecule has 0 atom stereocenters. The molecule has 1 aromatic heterocycles. The summed E-state index contributed by atoms with van der Waals surface area (Å²) in [6.45, 7) is 5.97. The number of aryl methyl sites for hydroxylation is 2. The molecule has 0 radical (unpaired) electrons. The highest BCUT2D eigenvalue weighted by Crippen LogP contribution is 2.22. The van der Waals surface area contributed by atoms with Gasteiger partial charge in [0, 0.05) is 12.6 Å². The average Bonchev–Trinajstić information content (AvgIpc) is 3.09. The number of carbonyl (C=O) groups is 1. The summed E-state index contributed by atoms with van der Waals surface area (Å²) in [5.41, 5.74) is 2.82. The van der Waals surface area contributed by atoms with E-state index in [9.17, 15) is 13.2 Å². The summed E-state index contributed by atoms with van der Waals surface area (Å²) >= 11 is 0. The van der Waals surface area contributed by atoms with E-state index in [0.29, 0.717) is 23.6 Å². The Morgan fingerprint density at radius 3 is 2.31 bits per heavy atom. The van der Waals surface area contributed by atoms with Crippen LogP contribution in [0.1, 0.15) is 33.0 Å². The molecule has 0 saturated carbocycles. The fraction of sp³-hybridized carbons (Fsp3) is 0.227. The number of sulfonamides is 1. The minimum absolute atomic E-state index is 0.0965. The molecule has 7 heteroatoms. The van der Waals surface area contributed by atoms with Crippen molar-refractivity contribution in [2.45, 2.75) is 32.2 Å². The zero-order chi connectivity index (χ0) is 21.2. The van der Waals surface area contributed by atoms with Crippen LogP contribution in [-0.2, 0) is 16.6 Å². The molecule has 0 saturated heterocycles. The molecule has 0 aliphatic heterocycles.